The first-order valence-electron chi connectivity index (χ1n) is 3.31. The van der Waals surface area contributed by atoms with Crippen LogP contribution in [0, 0.1) is 0 Å². The predicted molar refractivity (Wildman–Crippen MR) is 40.7 cm³/mol. The number of rotatable bonds is 5. The van der Waals surface area contributed by atoms with Gasteiger partial charge in [0, 0.05) is 12.6 Å². The molecule has 0 aromatic carbocycles. The number of carbonyl (C=O) groups is 2. The van der Waals surface area contributed by atoms with Crippen LogP contribution in [0.15, 0.2) is 11.6 Å². The summed E-state index contributed by atoms with van der Waals surface area (Å²) >= 11 is 0. The summed E-state index contributed by atoms with van der Waals surface area (Å²) < 4.78 is 0. The molecule has 14 heavy (non-hydrogen) atoms. The minimum atomic E-state index is -3.24. The number of carboxylic acid groups (broad SMARTS) is 2. The zero-order chi connectivity index (χ0) is 11.4. The summed E-state index contributed by atoms with van der Waals surface area (Å²) in [6.07, 6.45) is -2.88. The van der Waals surface area contributed by atoms with Crippen LogP contribution in [0.4, 0.5) is 0 Å². The van der Waals surface area contributed by atoms with E-state index in [1.54, 1.807) is 5.32 Å². The lowest BCUT2D eigenvalue weighted by atomic mass is 10.2. The minimum absolute atomic E-state index is 0.362. The van der Waals surface area contributed by atoms with E-state index in [2.05, 4.69) is 0 Å². The Kier molecular flexibility index (Phi) is 4.18. The number of carboxylic acids is 2. The molecule has 0 aliphatic carbocycles. The van der Waals surface area contributed by atoms with Gasteiger partial charge in [-0.3, -0.25) is 0 Å². The molecule has 0 spiro atoms. The fourth-order valence-electron chi connectivity index (χ4n) is 0.551. The maximum absolute atomic E-state index is 10.3. The van der Waals surface area contributed by atoms with Gasteiger partial charge in [0.15, 0.2) is 0 Å². The van der Waals surface area contributed by atoms with Crippen molar-refractivity contribution in [2.24, 2.45) is 0 Å². The molecule has 0 atom stereocenters. The average molecular weight is 207 g/mol. The van der Waals surface area contributed by atoms with Gasteiger partial charge in [0.1, 0.15) is 0 Å². The summed E-state index contributed by atoms with van der Waals surface area (Å²) in [6, 6.07) is 0. The van der Waals surface area contributed by atoms with Gasteiger partial charge in [-0.15, -0.1) is 0 Å². The first-order valence-corrected chi connectivity index (χ1v) is 3.31. The highest BCUT2D eigenvalue weighted by Gasteiger charge is 2.19. The normalized spacial score (nSPS) is 12.6. The van der Waals surface area contributed by atoms with Crippen molar-refractivity contribution in [1.29, 1.82) is 0 Å². The number of aliphatic hydroxyl groups is 3. The van der Waals surface area contributed by atoms with Gasteiger partial charge >= 0.3 is 18.0 Å². The highest BCUT2D eigenvalue weighted by Crippen LogP contribution is 1.95. The van der Waals surface area contributed by atoms with Crippen LogP contribution in [0.3, 0.4) is 0 Å². The number of hydrogen-bond acceptors (Lipinski definition) is 6. The van der Waals surface area contributed by atoms with Crippen LogP contribution >= 0.6 is 0 Å². The molecule has 0 saturated heterocycles. The zero-order valence-corrected chi connectivity index (χ0v) is 6.84. The first kappa shape index (κ1) is 12.5. The minimum Gasteiger partial charge on any atom is -0.478 e. The summed E-state index contributed by atoms with van der Waals surface area (Å²) in [6.45, 7) is -0.717. The van der Waals surface area contributed by atoms with Crippen molar-refractivity contribution in [3.8, 4) is 0 Å². The van der Waals surface area contributed by atoms with Crippen molar-refractivity contribution in [2.75, 3.05) is 6.54 Å². The van der Waals surface area contributed by atoms with Crippen LogP contribution in [-0.2, 0) is 9.59 Å². The molecule has 0 saturated carbocycles. The standard InChI is InChI=1S/C6H9NO7/c8-4(9)1-3(5(10)11)2-7-6(12,13)14/h1,7,12-14H,2H2,(H,8,9)(H,10,11). The van der Waals surface area contributed by atoms with Crippen LogP contribution in [0.2, 0.25) is 0 Å². The summed E-state index contributed by atoms with van der Waals surface area (Å²) in [4.78, 5) is 20.4. The fraction of sp³-hybridized carbons (Fsp3) is 0.333. The lowest BCUT2D eigenvalue weighted by Gasteiger charge is -2.15. The monoisotopic (exact) mass is 207 g/mol. The topological polar surface area (TPSA) is 147 Å². The Morgan fingerprint density at radius 1 is 1.21 bits per heavy atom. The second-order valence-corrected chi connectivity index (χ2v) is 2.30. The van der Waals surface area contributed by atoms with Gasteiger partial charge in [-0.25, -0.2) is 14.9 Å². The maximum Gasteiger partial charge on any atom is 0.343 e. The van der Waals surface area contributed by atoms with E-state index < -0.39 is 30.2 Å². The zero-order valence-electron chi connectivity index (χ0n) is 6.84. The van der Waals surface area contributed by atoms with Crippen LogP contribution in [0.5, 0.6) is 0 Å². The SMILES string of the molecule is O=C(O)C=C(CNC(O)(O)O)C(=O)O. The lowest BCUT2D eigenvalue weighted by molar-refractivity contribution is -0.330. The number of aliphatic carboxylic acids is 2. The van der Waals surface area contributed by atoms with E-state index in [0.29, 0.717) is 6.08 Å². The summed E-state index contributed by atoms with van der Waals surface area (Å²) in [5, 5.41) is 43.1. The van der Waals surface area contributed by atoms with E-state index in [0.717, 1.165) is 0 Å². The molecule has 0 aliphatic rings. The number of nitrogens with one attached hydrogen (secondary N) is 1. The molecule has 0 amide bonds. The molecule has 8 heteroatoms. The highest BCUT2D eigenvalue weighted by molar-refractivity contribution is 5.94. The van der Waals surface area contributed by atoms with E-state index in [1.807, 2.05) is 0 Å². The molecule has 0 fully saturated rings. The molecule has 0 aromatic rings. The molecule has 8 nitrogen and oxygen atoms in total. The highest BCUT2D eigenvalue weighted by atomic mass is 16.7. The molecular weight excluding hydrogens is 198 g/mol. The molecule has 0 rings (SSSR count). The van der Waals surface area contributed by atoms with Crippen molar-refractivity contribution in [2.45, 2.75) is 6.10 Å². The molecule has 0 heterocycles. The van der Waals surface area contributed by atoms with Crippen LogP contribution in [0.1, 0.15) is 0 Å². The van der Waals surface area contributed by atoms with Gasteiger partial charge < -0.3 is 25.5 Å². The average Bonchev–Trinajstić information content (AvgIpc) is 1.94. The Morgan fingerprint density at radius 3 is 2.00 bits per heavy atom. The smallest absolute Gasteiger partial charge is 0.343 e. The molecule has 0 aliphatic heterocycles. The second-order valence-electron chi connectivity index (χ2n) is 2.30. The van der Waals surface area contributed by atoms with Gasteiger partial charge in [0.2, 0.25) is 0 Å². The largest absolute Gasteiger partial charge is 0.478 e. The van der Waals surface area contributed by atoms with E-state index in [9.17, 15) is 9.59 Å². The van der Waals surface area contributed by atoms with E-state index >= 15 is 0 Å². The Hall–Kier alpha value is -1.48. The fourth-order valence-corrected chi connectivity index (χ4v) is 0.551. The third kappa shape index (κ3) is 6.08. The third-order valence-corrected chi connectivity index (χ3v) is 1.09. The quantitative estimate of drug-likeness (QED) is 0.210. The summed E-state index contributed by atoms with van der Waals surface area (Å²) in [7, 11) is 0. The van der Waals surface area contributed by atoms with Crippen molar-refractivity contribution in [3.63, 3.8) is 0 Å². The van der Waals surface area contributed by atoms with Crippen molar-refractivity contribution in [3.05, 3.63) is 11.6 Å². The lowest BCUT2D eigenvalue weighted by Crippen LogP contribution is -2.46. The Bertz CT molecular complexity index is 264. The van der Waals surface area contributed by atoms with Gasteiger partial charge in [0.05, 0.1) is 5.57 Å². The van der Waals surface area contributed by atoms with Crippen molar-refractivity contribution >= 4 is 11.9 Å². The molecule has 0 radical (unpaired) electrons. The van der Waals surface area contributed by atoms with E-state index in [4.69, 9.17) is 25.5 Å². The van der Waals surface area contributed by atoms with E-state index in [1.165, 1.54) is 0 Å². The number of hydrogen-bond donors (Lipinski definition) is 6. The van der Waals surface area contributed by atoms with Crippen LogP contribution < -0.4 is 5.32 Å². The van der Waals surface area contributed by atoms with Gasteiger partial charge in [0.25, 0.3) is 0 Å². The summed E-state index contributed by atoms with van der Waals surface area (Å²) in [5.74, 6) is -3.05. The Balaban J connectivity index is 4.41. The summed E-state index contributed by atoms with van der Waals surface area (Å²) in [5.41, 5.74) is -0.640. The molecular formula is C6H9NO7. The molecule has 6 N–H and O–H groups in total. The van der Waals surface area contributed by atoms with Gasteiger partial charge in [-0.2, -0.15) is 0 Å². The van der Waals surface area contributed by atoms with Gasteiger partial charge in [-0.1, -0.05) is 0 Å². The van der Waals surface area contributed by atoms with Crippen molar-refractivity contribution < 1.29 is 35.1 Å². The van der Waals surface area contributed by atoms with Crippen molar-refractivity contribution in [1.82, 2.24) is 5.32 Å². The maximum atomic E-state index is 10.3. The Labute approximate surface area is 77.7 Å². The van der Waals surface area contributed by atoms with Crippen LogP contribution in [-0.4, -0.2) is 50.1 Å². The van der Waals surface area contributed by atoms with Crippen LogP contribution in [0.25, 0.3) is 0 Å². The first-order chi connectivity index (χ1) is 6.22. The predicted octanol–water partition coefficient (Wildman–Crippen LogP) is -2.74. The van der Waals surface area contributed by atoms with Gasteiger partial charge in [-0.05, 0) is 0 Å². The molecule has 0 aromatic heterocycles. The van der Waals surface area contributed by atoms with E-state index in [-0.39, 0.29) is 0 Å². The molecule has 80 valence electrons. The third-order valence-electron chi connectivity index (χ3n) is 1.09. The Morgan fingerprint density at radius 2 is 1.71 bits per heavy atom. The second kappa shape index (κ2) is 4.67. The molecule has 0 bridgehead atoms. The molecule has 0 unspecified atom stereocenters.